The third kappa shape index (κ3) is 7.90. The van der Waals surface area contributed by atoms with Gasteiger partial charge < -0.3 is 33.2 Å². The van der Waals surface area contributed by atoms with E-state index in [1.807, 2.05) is 84.9 Å². The van der Waals surface area contributed by atoms with E-state index in [1.54, 1.807) is 26.4 Å². The molecule has 0 amide bonds. The van der Waals surface area contributed by atoms with Crippen LogP contribution in [0.4, 0.5) is 0 Å². The van der Waals surface area contributed by atoms with Gasteiger partial charge in [-0.15, -0.1) is 0 Å². The van der Waals surface area contributed by atoms with Crippen molar-refractivity contribution in [3.8, 4) is 23.0 Å². The summed E-state index contributed by atoms with van der Waals surface area (Å²) < 4.78 is 35.7. The van der Waals surface area contributed by atoms with Gasteiger partial charge in [0, 0.05) is 6.42 Å². The lowest BCUT2D eigenvalue weighted by Crippen LogP contribution is -2.47. The fraction of sp³-hybridized carbons (Fsp3) is 0.324. The largest absolute Gasteiger partial charge is 0.493 e. The van der Waals surface area contributed by atoms with Crippen molar-refractivity contribution in [1.82, 2.24) is 0 Å². The average molecular weight is 643 g/mol. The van der Waals surface area contributed by atoms with Crippen LogP contribution >= 0.6 is 0 Å². The van der Waals surface area contributed by atoms with Crippen molar-refractivity contribution in [2.24, 2.45) is 5.92 Å². The predicted octanol–water partition coefficient (Wildman–Crippen LogP) is 6.90. The smallest absolute Gasteiger partial charge is 0.339 e. The summed E-state index contributed by atoms with van der Waals surface area (Å²) >= 11 is 0. The van der Waals surface area contributed by atoms with Crippen molar-refractivity contribution in [2.45, 2.75) is 51.0 Å². The first-order valence-corrected chi connectivity index (χ1v) is 18.8. The van der Waals surface area contributed by atoms with Gasteiger partial charge in [-0.3, -0.25) is 0 Å². The van der Waals surface area contributed by atoms with Gasteiger partial charge in [0.15, 0.2) is 36.9 Å². The molecule has 0 radical (unpaired) electrons. The lowest BCUT2D eigenvalue weighted by Gasteiger charge is -2.36. The van der Waals surface area contributed by atoms with E-state index < -0.39 is 31.9 Å². The van der Waals surface area contributed by atoms with E-state index in [2.05, 4.69) is 19.6 Å². The Bertz CT molecular complexity index is 1610. The predicted molar refractivity (Wildman–Crippen MR) is 178 cm³/mol. The minimum absolute atomic E-state index is 0.00674. The summed E-state index contributed by atoms with van der Waals surface area (Å²) in [6.45, 7) is 6.99. The Morgan fingerprint density at radius 2 is 1.30 bits per heavy atom. The highest BCUT2D eigenvalue weighted by Gasteiger charge is 2.55. The number of methoxy groups -OCH3 is 2. The molecule has 8 nitrogen and oxygen atoms in total. The fourth-order valence-corrected chi connectivity index (χ4v) is 6.65. The molecule has 9 heteroatoms. The topological polar surface area (TPSA) is 92.7 Å². The van der Waals surface area contributed by atoms with Crippen LogP contribution < -0.4 is 18.9 Å². The third-order valence-electron chi connectivity index (χ3n) is 7.90. The third-order valence-corrected chi connectivity index (χ3v) is 8.86. The quantitative estimate of drug-likeness (QED) is 0.117. The lowest BCUT2D eigenvalue weighted by atomic mass is 9.79. The van der Waals surface area contributed by atoms with Gasteiger partial charge in [0.05, 0.1) is 26.2 Å². The van der Waals surface area contributed by atoms with Crippen LogP contribution in [-0.4, -0.2) is 45.8 Å². The standard InChI is InChI=1S/C37H42O8Si/c1-40-33-20-28(16-18-31(33)42-23-26-12-8-6-9-13-26)22-37(39)30(25-44-36(37)38)35(45-46(3,4)5)29-17-19-32(34(21-29)41-2)43-24-27-14-10-7-11-15-27/h6-21,30,35,39H,22-25H2,1-5H3/t30-,35-,37+/m1/s1. The summed E-state index contributed by atoms with van der Waals surface area (Å²) in [4.78, 5) is 13.3. The van der Waals surface area contributed by atoms with Gasteiger partial charge in [0.25, 0.3) is 0 Å². The maximum Gasteiger partial charge on any atom is 0.339 e. The summed E-state index contributed by atoms with van der Waals surface area (Å²) in [5.74, 6) is 0.812. The number of carbonyl (C=O) groups excluding carboxylic acids is 1. The lowest BCUT2D eigenvalue weighted by molar-refractivity contribution is -0.155. The average Bonchev–Trinajstić information content (AvgIpc) is 3.34. The number of esters is 1. The van der Waals surface area contributed by atoms with Gasteiger partial charge in [0.1, 0.15) is 19.8 Å². The zero-order valence-electron chi connectivity index (χ0n) is 27.0. The molecule has 3 atom stereocenters. The van der Waals surface area contributed by atoms with Gasteiger partial charge in [-0.1, -0.05) is 72.8 Å². The number of carbonyl (C=O) groups is 1. The number of cyclic esters (lactones) is 1. The highest BCUT2D eigenvalue weighted by atomic mass is 28.4. The van der Waals surface area contributed by atoms with E-state index in [9.17, 15) is 9.90 Å². The normalized spacial score (nSPS) is 18.5. The van der Waals surface area contributed by atoms with Crippen molar-refractivity contribution in [3.05, 3.63) is 119 Å². The summed E-state index contributed by atoms with van der Waals surface area (Å²) in [7, 11) is 0.955. The minimum atomic E-state index is -2.19. The van der Waals surface area contributed by atoms with Gasteiger partial charge >= 0.3 is 5.97 Å². The number of aliphatic hydroxyl groups is 1. The van der Waals surface area contributed by atoms with Crippen LogP contribution in [0.1, 0.15) is 28.4 Å². The van der Waals surface area contributed by atoms with Crippen molar-refractivity contribution < 1.29 is 38.0 Å². The molecule has 1 aliphatic heterocycles. The molecular formula is C37H42O8Si. The van der Waals surface area contributed by atoms with Crippen LogP contribution in [0.5, 0.6) is 23.0 Å². The van der Waals surface area contributed by atoms with E-state index in [0.717, 1.165) is 16.7 Å². The van der Waals surface area contributed by atoms with E-state index >= 15 is 0 Å². The van der Waals surface area contributed by atoms with Gasteiger partial charge in [-0.05, 0) is 66.2 Å². The first kappa shape index (κ1) is 33.1. The molecule has 0 unspecified atom stereocenters. The fourth-order valence-electron chi connectivity index (χ4n) is 5.59. The Hall–Kier alpha value is -4.31. The number of benzene rings is 4. The van der Waals surface area contributed by atoms with Crippen molar-refractivity contribution >= 4 is 14.3 Å². The van der Waals surface area contributed by atoms with Crippen molar-refractivity contribution in [2.75, 3.05) is 20.8 Å². The van der Waals surface area contributed by atoms with Crippen LogP contribution in [0.3, 0.4) is 0 Å². The molecule has 1 fully saturated rings. The molecule has 0 bridgehead atoms. The molecule has 5 rings (SSSR count). The summed E-state index contributed by atoms with van der Waals surface area (Å²) in [6, 6.07) is 30.8. The number of hydrogen-bond acceptors (Lipinski definition) is 8. The molecule has 0 spiro atoms. The van der Waals surface area contributed by atoms with Crippen LogP contribution in [0.25, 0.3) is 0 Å². The molecule has 1 saturated heterocycles. The Kier molecular flexibility index (Phi) is 10.4. The first-order chi connectivity index (χ1) is 22.1. The van der Waals surface area contributed by atoms with E-state index in [1.165, 1.54) is 0 Å². The molecule has 242 valence electrons. The second kappa shape index (κ2) is 14.4. The second-order valence-electron chi connectivity index (χ2n) is 12.4. The molecule has 46 heavy (non-hydrogen) atoms. The maximum atomic E-state index is 13.3. The molecule has 1 aliphatic rings. The summed E-state index contributed by atoms with van der Waals surface area (Å²) in [5, 5.41) is 12.1. The van der Waals surface area contributed by atoms with Gasteiger partial charge in [-0.25, -0.2) is 4.79 Å². The highest BCUT2D eigenvalue weighted by molar-refractivity contribution is 6.69. The van der Waals surface area contributed by atoms with E-state index in [-0.39, 0.29) is 13.0 Å². The van der Waals surface area contributed by atoms with E-state index in [4.69, 9.17) is 28.1 Å². The Balaban J connectivity index is 1.40. The summed E-state index contributed by atoms with van der Waals surface area (Å²) in [5.41, 5.74) is 1.67. The summed E-state index contributed by atoms with van der Waals surface area (Å²) in [6.07, 6.45) is -0.636. The van der Waals surface area contributed by atoms with Crippen molar-refractivity contribution in [1.29, 1.82) is 0 Å². The molecular weight excluding hydrogens is 600 g/mol. The molecule has 4 aromatic rings. The Morgan fingerprint density at radius 1 is 0.761 bits per heavy atom. The SMILES string of the molecule is COc1cc(C[C@@]2(O)C(=O)OC[C@@H]2[C@H](O[Si](C)(C)C)c2ccc(OCc3ccccc3)c(OC)c2)ccc1OCc1ccccc1. The number of ether oxygens (including phenoxy) is 5. The number of rotatable bonds is 14. The Labute approximate surface area is 271 Å². The zero-order chi connectivity index (χ0) is 32.7. The maximum absolute atomic E-state index is 13.3. The molecule has 1 heterocycles. The zero-order valence-corrected chi connectivity index (χ0v) is 28.0. The first-order valence-electron chi connectivity index (χ1n) is 15.4. The van der Waals surface area contributed by atoms with Crippen LogP contribution in [0, 0.1) is 5.92 Å². The second-order valence-corrected chi connectivity index (χ2v) is 16.9. The van der Waals surface area contributed by atoms with Crippen LogP contribution in [0.2, 0.25) is 19.6 Å². The van der Waals surface area contributed by atoms with Gasteiger partial charge in [0.2, 0.25) is 0 Å². The number of hydrogen-bond donors (Lipinski definition) is 1. The molecule has 0 saturated carbocycles. The minimum Gasteiger partial charge on any atom is -0.493 e. The van der Waals surface area contributed by atoms with Crippen molar-refractivity contribution in [3.63, 3.8) is 0 Å². The molecule has 0 aromatic heterocycles. The van der Waals surface area contributed by atoms with E-state index in [0.29, 0.717) is 41.8 Å². The van der Waals surface area contributed by atoms with Crippen LogP contribution in [0.15, 0.2) is 97.1 Å². The highest BCUT2D eigenvalue weighted by Crippen LogP contribution is 2.45. The molecule has 1 N–H and O–H groups in total. The van der Waals surface area contributed by atoms with Gasteiger partial charge in [-0.2, -0.15) is 0 Å². The molecule has 0 aliphatic carbocycles. The molecule has 4 aromatic carbocycles. The van der Waals surface area contributed by atoms with Crippen LogP contribution in [-0.2, 0) is 33.6 Å². The Morgan fingerprint density at radius 3 is 1.85 bits per heavy atom. The monoisotopic (exact) mass is 642 g/mol.